The molecule has 0 saturated carbocycles. The molecule has 0 bridgehead atoms. The summed E-state index contributed by atoms with van der Waals surface area (Å²) in [4.78, 5) is 12.1. The van der Waals surface area contributed by atoms with Crippen LogP contribution in [0.1, 0.15) is 15.9 Å². The van der Waals surface area contributed by atoms with Crippen molar-refractivity contribution in [1.29, 1.82) is 0 Å². The number of amides is 1. The fourth-order valence-corrected chi connectivity index (χ4v) is 2.62. The molecule has 0 aliphatic heterocycles. The van der Waals surface area contributed by atoms with E-state index in [0.717, 1.165) is 18.4 Å². The van der Waals surface area contributed by atoms with Gasteiger partial charge in [-0.25, -0.2) is 8.42 Å². The Morgan fingerprint density at radius 2 is 1.79 bits per heavy atom. The number of rotatable bonds is 3. The maximum Gasteiger partial charge on any atom is 0.418 e. The van der Waals surface area contributed by atoms with Crippen LogP contribution in [0.4, 0.5) is 24.5 Å². The number of alkyl halides is 3. The van der Waals surface area contributed by atoms with Gasteiger partial charge in [0.15, 0.2) is 9.84 Å². The number of carbonyl (C=O) groups is 1. The van der Waals surface area contributed by atoms with Gasteiger partial charge >= 0.3 is 6.18 Å². The number of hydrogen-bond acceptors (Lipinski definition) is 4. The third kappa shape index (κ3) is 4.05. The minimum Gasteiger partial charge on any atom is -0.398 e. The van der Waals surface area contributed by atoms with Crippen molar-refractivity contribution in [1.82, 2.24) is 0 Å². The van der Waals surface area contributed by atoms with E-state index in [9.17, 15) is 26.4 Å². The lowest BCUT2D eigenvalue weighted by Gasteiger charge is -2.12. The van der Waals surface area contributed by atoms with E-state index in [0.29, 0.717) is 6.07 Å². The number of nitrogen functional groups attached to an aromatic ring is 1. The first kappa shape index (κ1) is 17.8. The van der Waals surface area contributed by atoms with Gasteiger partial charge in [-0.05, 0) is 36.4 Å². The van der Waals surface area contributed by atoms with Crippen LogP contribution in [0.25, 0.3) is 0 Å². The molecule has 2 aromatic carbocycles. The summed E-state index contributed by atoms with van der Waals surface area (Å²) >= 11 is 0. The van der Waals surface area contributed by atoms with Gasteiger partial charge in [0.05, 0.1) is 10.5 Å². The summed E-state index contributed by atoms with van der Waals surface area (Å²) in [7, 11) is -3.51. The normalized spacial score (nSPS) is 12.0. The maximum atomic E-state index is 12.8. The van der Waals surface area contributed by atoms with Gasteiger partial charge in [-0.3, -0.25) is 4.79 Å². The summed E-state index contributed by atoms with van der Waals surface area (Å²) in [6.07, 6.45) is -3.67. The molecule has 5 nitrogen and oxygen atoms in total. The smallest absolute Gasteiger partial charge is 0.398 e. The van der Waals surface area contributed by atoms with Gasteiger partial charge in [0.1, 0.15) is 0 Å². The Hall–Kier alpha value is -2.55. The Labute approximate surface area is 136 Å². The third-order valence-electron chi connectivity index (χ3n) is 3.14. The van der Waals surface area contributed by atoms with Crippen molar-refractivity contribution >= 4 is 27.1 Å². The van der Waals surface area contributed by atoms with Crippen LogP contribution >= 0.6 is 0 Å². The van der Waals surface area contributed by atoms with E-state index in [1.807, 2.05) is 0 Å². The van der Waals surface area contributed by atoms with Crippen LogP contribution < -0.4 is 11.1 Å². The lowest BCUT2D eigenvalue weighted by molar-refractivity contribution is -0.136. The van der Waals surface area contributed by atoms with Crippen LogP contribution in [0, 0.1) is 0 Å². The van der Waals surface area contributed by atoms with Gasteiger partial charge in [0.2, 0.25) is 0 Å². The molecule has 0 aliphatic rings. The molecular weight excluding hydrogens is 345 g/mol. The zero-order valence-corrected chi connectivity index (χ0v) is 13.2. The Morgan fingerprint density at radius 3 is 2.38 bits per heavy atom. The Morgan fingerprint density at radius 1 is 1.12 bits per heavy atom. The van der Waals surface area contributed by atoms with Crippen LogP contribution in [0.2, 0.25) is 0 Å². The molecule has 2 aromatic rings. The van der Waals surface area contributed by atoms with Crippen molar-refractivity contribution in [2.45, 2.75) is 11.1 Å². The van der Waals surface area contributed by atoms with E-state index in [2.05, 4.69) is 5.32 Å². The zero-order chi connectivity index (χ0) is 18.1. The van der Waals surface area contributed by atoms with Gasteiger partial charge in [-0.2, -0.15) is 13.2 Å². The Kier molecular flexibility index (Phi) is 4.57. The minimum atomic E-state index is -4.65. The number of benzene rings is 2. The molecule has 0 aliphatic carbocycles. The second-order valence-corrected chi connectivity index (χ2v) is 7.07. The summed E-state index contributed by atoms with van der Waals surface area (Å²) in [6, 6.07) is 8.16. The molecule has 24 heavy (non-hydrogen) atoms. The van der Waals surface area contributed by atoms with E-state index >= 15 is 0 Å². The van der Waals surface area contributed by atoms with E-state index in [-0.39, 0.29) is 16.1 Å². The second kappa shape index (κ2) is 6.16. The Bertz CT molecular complexity index is 893. The third-order valence-corrected chi connectivity index (χ3v) is 4.25. The lowest BCUT2D eigenvalue weighted by Crippen LogP contribution is -2.15. The topological polar surface area (TPSA) is 89.3 Å². The highest BCUT2D eigenvalue weighted by Gasteiger charge is 2.33. The van der Waals surface area contributed by atoms with E-state index in [1.54, 1.807) is 0 Å². The van der Waals surface area contributed by atoms with Crippen LogP contribution in [0.15, 0.2) is 47.4 Å². The average Bonchev–Trinajstić information content (AvgIpc) is 2.47. The number of sulfone groups is 1. The van der Waals surface area contributed by atoms with Crippen molar-refractivity contribution < 1.29 is 26.4 Å². The van der Waals surface area contributed by atoms with Crippen molar-refractivity contribution in [3.05, 3.63) is 53.6 Å². The first-order valence-electron chi connectivity index (χ1n) is 6.56. The molecule has 0 fully saturated rings. The number of halogens is 3. The summed E-state index contributed by atoms with van der Waals surface area (Å²) in [5.74, 6) is -0.738. The quantitative estimate of drug-likeness (QED) is 0.826. The molecule has 0 saturated heterocycles. The second-order valence-electron chi connectivity index (χ2n) is 5.05. The molecule has 2 rings (SSSR count). The first-order chi connectivity index (χ1) is 11.0. The van der Waals surface area contributed by atoms with Crippen molar-refractivity contribution in [3.63, 3.8) is 0 Å². The van der Waals surface area contributed by atoms with Crippen LogP contribution in [0.3, 0.4) is 0 Å². The fraction of sp³-hybridized carbons (Fsp3) is 0.133. The standard InChI is InChI=1S/C15H13F3N2O3S/c1-24(22,23)11-4-2-3-9(7-11)14(21)20-10-5-6-13(19)12(8-10)15(16,17)18/h2-8H,19H2,1H3,(H,20,21). The lowest BCUT2D eigenvalue weighted by atomic mass is 10.1. The number of carbonyl (C=O) groups excluding carboxylic acids is 1. The highest BCUT2D eigenvalue weighted by molar-refractivity contribution is 7.90. The fourth-order valence-electron chi connectivity index (χ4n) is 1.95. The Balaban J connectivity index is 2.31. The molecule has 3 N–H and O–H groups in total. The molecule has 0 unspecified atom stereocenters. The monoisotopic (exact) mass is 358 g/mol. The van der Waals surface area contributed by atoms with Gasteiger partial charge in [-0.15, -0.1) is 0 Å². The van der Waals surface area contributed by atoms with Gasteiger partial charge in [0.25, 0.3) is 5.91 Å². The van der Waals surface area contributed by atoms with Crippen LogP contribution in [-0.4, -0.2) is 20.6 Å². The zero-order valence-electron chi connectivity index (χ0n) is 12.4. The highest BCUT2D eigenvalue weighted by Crippen LogP contribution is 2.35. The van der Waals surface area contributed by atoms with Crippen molar-refractivity contribution in [2.75, 3.05) is 17.3 Å². The minimum absolute atomic E-state index is 0.00306. The number of anilines is 2. The molecule has 0 radical (unpaired) electrons. The van der Waals surface area contributed by atoms with E-state index in [4.69, 9.17) is 5.73 Å². The largest absolute Gasteiger partial charge is 0.418 e. The molecular formula is C15H13F3N2O3S. The van der Waals surface area contributed by atoms with Crippen LogP contribution in [0.5, 0.6) is 0 Å². The van der Waals surface area contributed by atoms with E-state index in [1.165, 1.54) is 24.3 Å². The molecule has 9 heteroatoms. The number of nitrogens with two attached hydrogens (primary N) is 1. The summed E-state index contributed by atoms with van der Waals surface area (Å²) in [6.45, 7) is 0. The van der Waals surface area contributed by atoms with Crippen LogP contribution in [-0.2, 0) is 16.0 Å². The number of hydrogen-bond donors (Lipinski definition) is 2. The van der Waals surface area contributed by atoms with Gasteiger partial charge in [-0.1, -0.05) is 6.07 Å². The van der Waals surface area contributed by atoms with Gasteiger partial charge < -0.3 is 11.1 Å². The summed E-state index contributed by atoms with van der Waals surface area (Å²) < 4.78 is 61.4. The summed E-state index contributed by atoms with van der Waals surface area (Å²) in [5, 5.41) is 2.29. The molecule has 128 valence electrons. The molecule has 1 amide bonds. The number of nitrogens with one attached hydrogen (secondary N) is 1. The predicted molar refractivity (Wildman–Crippen MR) is 83.4 cm³/mol. The van der Waals surface area contributed by atoms with E-state index < -0.39 is 33.2 Å². The molecule has 0 heterocycles. The van der Waals surface area contributed by atoms with Gasteiger partial charge in [0, 0.05) is 23.2 Å². The van der Waals surface area contributed by atoms with Crippen molar-refractivity contribution in [2.24, 2.45) is 0 Å². The molecule has 0 aromatic heterocycles. The highest BCUT2D eigenvalue weighted by atomic mass is 32.2. The molecule has 0 spiro atoms. The average molecular weight is 358 g/mol. The molecule has 0 atom stereocenters. The van der Waals surface area contributed by atoms with Crippen molar-refractivity contribution in [3.8, 4) is 0 Å². The first-order valence-corrected chi connectivity index (χ1v) is 8.46. The SMILES string of the molecule is CS(=O)(=O)c1cccc(C(=O)Nc2ccc(N)c(C(F)(F)F)c2)c1. The summed E-state index contributed by atoms with van der Waals surface area (Å²) in [5.41, 5.74) is 3.66. The maximum absolute atomic E-state index is 12.8. The predicted octanol–water partition coefficient (Wildman–Crippen LogP) is 2.94.